The van der Waals surface area contributed by atoms with Crippen LogP contribution in [-0.2, 0) is 10.2 Å². The third-order valence-corrected chi connectivity index (χ3v) is 4.77. The molecule has 0 saturated carbocycles. The first-order valence-electron chi connectivity index (χ1n) is 8.55. The molecule has 1 atom stereocenters. The lowest BCUT2D eigenvalue weighted by Crippen LogP contribution is -2.25. The molecule has 0 radical (unpaired) electrons. The number of aromatic hydroxyl groups is 1. The molecular formula is C23H22O3. The number of carbonyl (C=O) groups excluding carboxylic acids is 1. The van der Waals surface area contributed by atoms with Crippen LogP contribution in [0, 0.1) is 6.92 Å². The maximum atomic E-state index is 11.2. The predicted octanol–water partition coefficient (Wildman–Crippen LogP) is 4.98. The Balaban J connectivity index is 2.12. The van der Waals surface area contributed by atoms with Gasteiger partial charge in [-0.2, -0.15) is 0 Å². The van der Waals surface area contributed by atoms with Crippen molar-refractivity contribution in [1.29, 1.82) is 0 Å². The van der Waals surface area contributed by atoms with Gasteiger partial charge in [0.2, 0.25) is 0 Å². The normalized spacial score (nSPS) is 13.0. The van der Waals surface area contributed by atoms with Gasteiger partial charge in [-0.25, -0.2) is 0 Å². The Labute approximate surface area is 153 Å². The molecule has 1 unspecified atom stereocenters. The van der Waals surface area contributed by atoms with E-state index in [0.717, 1.165) is 16.7 Å². The standard InChI is InChI=1S/C23H22O3/c1-16-4-6-18(7-5-16)23(3,19-8-12-21(25)13-9-19)20-10-14-22(15-11-20)26-17(2)24/h4-15,25H,1-3H3. The third-order valence-electron chi connectivity index (χ3n) is 4.77. The minimum Gasteiger partial charge on any atom is -0.508 e. The van der Waals surface area contributed by atoms with Crippen LogP contribution in [0.5, 0.6) is 11.5 Å². The monoisotopic (exact) mass is 346 g/mol. The zero-order valence-electron chi connectivity index (χ0n) is 15.2. The van der Waals surface area contributed by atoms with E-state index in [-0.39, 0.29) is 11.7 Å². The summed E-state index contributed by atoms with van der Waals surface area (Å²) < 4.78 is 5.15. The maximum Gasteiger partial charge on any atom is 0.308 e. The molecule has 0 aliphatic heterocycles. The highest BCUT2D eigenvalue weighted by molar-refractivity contribution is 5.69. The summed E-state index contributed by atoms with van der Waals surface area (Å²) in [4.78, 5) is 11.2. The number of esters is 1. The van der Waals surface area contributed by atoms with Gasteiger partial charge in [0.05, 0.1) is 0 Å². The summed E-state index contributed by atoms with van der Waals surface area (Å²) in [6.07, 6.45) is 0. The van der Waals surface area contributed by atoms with Crippen molar-refractivity contribution < 1.29 is 14.6 Å². The first-order chi connectivity index (χ1) is 12.4. The molecule has 132 valence electrons. The first-order valence-corrected chi connectivity index (χ1v) is 8.55. The lowest BCUT2D eigenvalue weighted by molar-refractivity contribution is -0.131. The van der Waals surface area contributed by atoms with E-state index < -0.39 is 5.41 Å². The van der Waals surface area contributed by atoms with Crippen molar-refractivity contribution in [3.63, 3.8) is 0 Å². The molecule has 3 aromatic rings. The van der Waals surface area contributed by atoms with Gasteiger partial charge in [-0.15, -0.1) is 0 Å². The summed E-state index contributed by atoms with van der Waals surface area (Å²) in [5.74, 6) is 0.431. The maximum absolute atomic E-state index is 11.2. The highest BCUT2D eigenvalue weighted by Gasteiger charge is 2.31. The van der Waals surface area contributed by atoms with Crippen LogP contribution in [0.2, 0.25) is 0 Å². The first kappa shape index (κ1) is 17.7. The van der Waals surface area contributed by atoms with Crippen LogP contribution in [0.15, 0.2) is 72.8 Å². The van der Waals surface area contributed by atoms with E-state index in [0.29, 0.717) is 5.75 Å². The number of benzene rings is 3. The average molecular weight is 346 g/mol. The Morgan fingerprint density at radius 2 is 1.23 bits per heavy atom. The van der Waals surface area contributed by atoms with Gasteiger partial charge in [-0.1, -0.05) is 54.1 Å². The van der Waals surface area contributed by atoms with E-state index in [1.807, 2.05) is 36.4 Å². The zero-order chi connectivity index (χ0) is 18.7. The van der Waals surface area contributed by atoms with Gasteiger partial charge < -0.3 is 9.84 Å². The smallest absolute Gasteiger partial charge is 0.308 e. The van der Waals surface area contributed by atoms with Crippen molar-refractivity contribution in [2.75, 3.05) is 0 Å². The SMILES string of the molecule is CC(=O)Oc1ccc(C(C)(c2ccc(C)cc2)c2ccc(O)cc2)cc1. The predicted molar refractivity (Wildman–Crippen MR) is 103 cm³/mol. The van der Waals surface area contributed by atoms with Crippen LogP contribution in [0.4, 0.5) is 0 Å². The van der Waals surface area contributed by atoms with Crippen LogP contribution in [-0.4, -0.2) is 11.1 Å². The fraction of sp³-hybridized carbons (Fsp3) is 0.174. The molecular weight excluding hydrogens is 324 g/mol. The number of hydrogen-bond acceptors (Lipinski definition) is 3. The van der Waals surface area contributed by atoms with Gasteiger partial charge in [-0.05, 0) is 54.8 Å². The lowest BCUT2D eigenvalue weighted by Gasteiger charge is -2.32. The number of aryl methyl sites for hydroxylation is 1. The summed E-state index contributed by atoms with van der Waals surface area (Å²) in [5.41, 5.74) is 4.08. The average Bonchev–Trinajstić information content (AvgIpc) is 2.62. The minimum absolute atomic E-state index is 0.241. The molecule has 0 aliphatic carbocycles. The quantitative estimate of drug-likeness (QED) is 0.412. The molecule has 0 aliphatic rings. The number of phenolic OH excluding ortho intramolecular Hbond substituents is 1. The van der Waals surface area contributed by atoms with Crippen LogP contribution in [0.1, 0.15) is 36.1 Å². The highest BCUT2D eigenvalue weighted by atomic mass is 16.5. The van der Waals surface area contributed by atoms with E-state index in [1.54, 1.807) is 12.1 Å². The van der Waals surface area contributed by atoms with Crippen LogP contribution in [0.3, 0.4) is 0 Å². The van der Waals surface area contributed by atoms with Gasteiger partial charge in [0.15, 0.2) is 0 Å². The van der Waals surface area contributed by atoms with Gasteiger partial charge in [0, 0.05) is 12.3 Å². The Morgan fingerprint density at radius 3 is 1.69 bits per heavy atom. The Bertz CT molecular complexity index is 846. The molecule has 0 saturated heterocycles. The fourth-order valence-corrected chi connectivity index (χ4v) is 3.20. The molecule has 0 heterocycles. The third kappa shape index (κ3) is 3.47. The minimum atomic E-state index is -0.407. The molecule has 3 rings (SSSR count). The highest BCUT2D eigenvalue weighted by Crippen LogP contribution is 2.40. The van der Waals surface area contributed by atoms with Crippen LogP contribution >= 0.6 is 0 Å². The van der Waals surface area contributed by atoms with Crippen molar-refractivity contribution in [2.45, 2.75) is 26.2 Å². The second-order valence-corrected chi connectivity index (χ2v) is 6.66. The second-order valence-electron chi connectivity index (χ2n) is 6.66. The van der Waals surface area contributed by atoms with Crippen molar-refractivity contribution in [1.82, 2.24) is 0 Å². The van der Waals surface area contributed by atoms with E-state index in [1.165, 1.54) is 12.5 Å². The molecule has 26 heavy (non-hydrogen) atoms. The second kappa shape index (κ2) is 7.04. The molecule has 0 bridgehead atoms. The number of phenols is 1. The number of carbonyl (C=O) groups is 1. The van der Waals surface area contributed by atoms with Gasteiger partial charge in [0.1, 0.15) is 11.5 Å². The summed E-state index contributed by atoms with van der Waals surface area (Å²) in [5, 5.41) is 9.67. The largest absolute Gasteiger partial charge is 0.508 e. The Hall–Kier alpha value is -3.07. The molecule has 3 nitrogen and oxygen atoms in total. The van der Waals surface area contributed by atoms with Gasteiger partial charge in [0.25, 0.3) is 0 Å². The van der Waals surface area contributed by atoms with E-state index in [2.05, 4.69) is 38.1 Å². The topological polar surface area (TPSA) is 46.5 Å². The Kier molecular flexibility index (Phi) is 4.81. The summed E-state index contributed by atoms with van der Waals surface area (Å²) in [6.45, 7) is 5.61. The van der Waals surface area contributed by atoms with Gasteiger partial charge >= 0.3 is 5.97 Å². The zero-order valence-corrected chi connectivity index (χ0v) is 15.2. The fourth-order valence-electron chi connectivity index (χ4n) is 3.20. The Morgan fingerprint density at radius 1 is 0.808 bits per heavy atom. The molecule has 3 aromatic carbocycles. The summed E-state index contributed by atoms with van der Waals surface area (Å²) in [7, 11) is 0. The molecule has 0 amide bonds. The number of hydrogen-bond donors (Lipinski definition) is 1. The molecule has 3 heteroatoms. The van der Waals surface area contributed by atoms with E-state index in [9.17, 15) is 9.90 Å². The van der Waals surface area contributed by atoms with Crippen LogP contribution < -0.4 is 4.74 Å². The van der Waals surface area contributed by atoms with E-state index >= 15 is 0 Å². The lowest BCUT2D eigenvalue weighted by atomic mass is 9.71. The molecule has 1 N–H and O–H groups in total. The van der Waals surface area contributed by atoms with Crippen LogP contribution in [0.25, 0.3) is 0 Å². The van der Waals surface area contributed by atoms with Crippen molar-refractivity contribution >= 4 is 5.97 Å². The number of ether oxygens (including phenoxy) is 1. The summed E-state index contributed by atoms with van der Waals surface area (Å²) >= 11 is 0. The van der Waals surface area contributed by atoms with Gasteiger partial charge in [-0.3, -0.25) is 4.79 Å². The molecule has 0 fully saturated rings. The molecule has 0 spiro atoms. The molecule has 0 aromatic heterocycles. The van der Waals surface area contributed by atoms with Crippen molar-refractivity contribution in [3.8, 4) is 11.5 Å². The van der Waals surface area contributed by atoms with Crippen molar-refractivity contribution in [3.05, 3.63) is 95.1 Å². The van der Waals surface area contributed by atoms with E-state index in [4.69, 9.17) is 4.74 Å². The summed E-state index contributed by atoms with van der Waals surface area (Å²) in [6, 6.07) is 23.3. The van der Waals surface area contributed by atoms with Crippen molar-refractivity contribution in [2.24, 2.45) is 0 Å². The number of rotatable bonds is 4.